The highest BCUT2D eigenvalue weighted by Gasteiger charge is 2.18. The molecule has 0 bridgehead atoms. The van der Waals surface area contributed by atoms with Gasteiger partial charge in [-0.15, -0.1) is 0 Å². The summed E-state index contributed by atoms with van der Waals surface area (Å²) in [4.78, 5) is 12.8. The number of carbonyl (C=O) groups is 1. The van der Waals surface area contributed by atoms with Gasteiger partial charge in [-0.25, -0.2) is 0 Å². The lowest BCUT2D eigenvalue weighted by Gasteiger charge is -2.07. The van der Waals surface area contributed by atoms with Gasteiger partial charge in [-0.05, 0) is 67.9 Å². The number of furan rings is 1. The number of benzene rings is 2. The van der Waals surface area contributed by atoms with Gasteiger partial charge < -0.3 is 19.2 Å². The molecule has 0 aliphatic rings. The molecule has 0 saturated carbocycles. The highest BCUT2D eigenvalue weighted by atomic mass is 35.5. The maximum Gasteiger partial charge on any atom is 0.291 e. The standard InChI is InChI=1S/C25H23Cl2N3O4/c1-15-24(16(2)30(29-15)13-17-4-10-21(26)22(27)12-17)28-25(31)23-11-9-20(34-23)14-33-19-7-5-18(32-3)6-8-19/h4-12H,13-14H2,1-3H3,(H,28,31). The van der Waals surface area contributed by atoms with Gasteiger partial charge in [-0.1, -0.05) is 29.3 Å². The second-order valence-electron chi connectivity index (χ2n) is 7.64. The van der Waals surface area contributed by atoms with E-state index in [1.807, 2.05) is 32.0 Å². The van der Waals surface area contributed by atoms with Crippen molar-refractivity contribution in [2.75, 3.05) is 12.4 Å². The molecule has 0 aliphatic carbocycles. The molecule has 176 valence electrons. The van der Waals surface area contributed by atoms with Crippen LogP contribution in [-0.2, 0) is 13.2 Å². The molecule has 2 heterocycles. The van der Waals surface area contributed by atoms with Gasteiger partial charge in [-0.3, -0.25) is 9.48 Å². The van der Waals surface area contributed by atoms with Crippen molar-refractivity contribution in [3.8, 4) is 11.5 Å². The molecule has 1 N–H and O–H groups in total. The third-order valence-corrected chi connectivity index (χ3v) is 6.00. The van der Waals surface area contributed by atoms with E-state index in [4.69, 9.17) is 37.1 Å². The number of anilines is 1. The molecule has 4 aromatic rings. The van der Waals surface area contributed by atoms with Crippen molar-refractivity contribution in [3.63, 3.8) is 0 Å². The Bertz CT molecular complexity index is 1310. The number of hydrogen-bond donors (Lipinski definition) is 1. The zero-order chi connectivity index (χ0) is 24.2. The molecular formula is C25H23Cl2N3O4. The van der Waals surface area contributed by atoms with Crippen LogP contribution >= 0.6 is 23.2 Å². The van der Waals surface area contributed by atoms with Crippen molar-refractivity contribution >= 4 is 34.8 Å². The van der Waals surface area contributed by atoms with Crippen molar-refractivity contribution in [1.29, 1.82) is 0 Å². The lowest BCUT2D eigenvalue weighted by molar-refractivity contribution is 0.0992. The zero-order valence-electron chi connectivity index (χ0n) is 18.9. The molecule has 2 aromatic heterocycles. The number of nitrogens with zero attached hydrogens (tertiary/aromatic N) is 2. The van der Waals surface area contributed by atoms with Crippen LogP contribution in [0.1, 0.15) is 33.3 Å². The molecule has 0 atom stereocenters. The number of rotatable bonds is 8. The van der Waals surface area contributed by atoms with E-state index in [0.29, 0.717) is 39.5 Å². The fourth-order valence-corrected chi connectivity index (χ4v) is 3.74. The maximum atomic E-state index is 12.8. The summed E-state index contributed by atoms with van der Waals surface area (Å²) in [6.07, 6.45) is 0. The highest BCUT2D eigenvalue weighted by Crippen LogP contribution is 2.26. The number of nitrogens with one attached hydrogen (secondary N) is 1. The van der Waals surface area contributed by atoms with E-state index >= 15 is 0 Å². The third kappa shape index (κ3) is 5.38. The summed E-state index contributed by atoms with van der Waals surface area (Å²) in [6.45, 7) is 4.42. The first-order valence-electron chi connectivity index (χ1n) is 10.5. The van der Waals surface area contributed by atoms with Crippen molar-refractivity contribution in [2.45, 2.75) is 27.0 Å². The number of amides is 1. The summed E-state index contributed by atoms with van der Waals surface area (Å²) in [5.41, 5.74) is 3.09. The van der Waals surface area contributed by atoms with Crippen LogP contribution < -0.4 is 14.8 Å². The lowest BCUT2D eigenvalue weighted by atomic mass is 10.2. The number of aromatic nitrogens is 2. The van der Waals surface area contributed by atoms with E-state index in [0.717, 1.165) is 17.0 Å². The largest absolute Gasteiger partial charge is 0.497 e. The summed E-state index contributed by atoms with van der Waals surface area (Å²) in [6, 6.07) is 16.0. The average Bonchev–Trinajstić information content (AvgIpc) is 3.41. The fourth-order valence-electron chi connectivity index (χ4n) is 3.42. The molecule has 0 saturated heterocycles. The Balaban J connectivity index is 1.40. The van der Waals surface area contributed by atoms with Crippen LogP contribution in [-0.4, -0.2) is 22.8 Å². The number of halogens is 2. The van der Waals surface area contributed by atoms with E-state index in [1.165, 1.54) is 0 Å². The molecule has 0 unspecified atom stereocenters. The van der Waals surface area contributed by atoms with E-state index in [-0.39, 0.29) is 18.3 Å². The minimum atomic E-state index is -0.365. The Morgan fingerprint density at radius 2 is 1.76 bits per heavy atom. The van der Waals surface area contributed by atoms with Gasteiger partial charge >= 0.3 is 0 Å². The van der Waals surface area contributed by atoms with Gasteiger partial charge in [0.1, 0.15) is 23.9 Å². The minimum Gasteiger partial charge on any atom is -0.497 e. The Morgan fingerprint density at radius 3 is 2.47 bits per heavy atom. The van der Waals surface area contributed by atoms with Gasteiger partial charge in [0.05, 0.1) is 40.8 Å². The second-order valence-corrected chi connectivity index (χ2v) is 8.45. The third-order valence-electron chi connectivity index (χ3n) is 5.26. The Hall–Kier alpha value is -3.42. The summed E-state index contributed by atoms with van der Waals surface area (Å²) in [7, 11) is 1.61. The smallest absolute Gasteiger partial charge is 0.291 e. The normalized spacial score (nSPS) is 10.9. The highest BCUT2D eigenvalue weighted by molar-refractivity contribution is 6.42. The van der Waals surface area contributed by atoms with Crippen molar-refractivity contribution in [2.24, 2.45) is 0 Å². The summed E-state index contributed by atoms with van der Waals surface area (Å²) < 4.78 is 18.3. The predicted octanol–water partition coefficient (Wildman–Crippen LogP) is 6.29. The van der Waals surface area contributed by atoms with Gasteiger partial charge in [-0.2, -0.15) is 5.10 Å². The quantitative estimate of drug-likeness (QED) is 0.308. The van der Waals surface area contributed by atoms with Gasteiger partial charge in [0, 0.05) is 0 Å². The van der Waals surface area contributed by atoms with Crippen LogP contribution in [0, 0.1) is 13.8 Å². The molecular weight excluding hydrogens is 477 g/mol. The van der Waals surface area contributed by atoms with E-state index in [9.17, 15) is 4.79 Å². The molecule has 7 nitrogen and oxygen atoms in total. The maximum absolute atomic E-state index is 12.8. The fraction of sp³-hybridized carbons (Fsp3) is 0.200. The van der Waals surface area contributed by atoms with Crippen molar-refractivity contribution in [1.82, 2.24) is 9.78 Å². The Labute approximate surface area is 207 Å². The molecule has 0 radical (unpaired) electrons. The molecule has 4 rings (SSSR count). The molecule has 34 heavy (non-hydrogen) atoms. The molecule has 0 fully saturated rings. The van der Waals surface area contributed by atoms with Gasteiger partial charge in [0.15, 0.2) is 5.76 Å². The van der Waals surface area contributed by atoms with Crippen LogP contribution in [0.4, 0.5) is 5.69 Å². The molecule has 9 heteroatoms. The lowest BCUT2D eigenvalue weighted by Crippen LogP contribution is -2.12. The average molecular weight is 500 g/mol. The summed E-state index contributed by atoms with van der Waals surface area (Å²) in [5, 5.41) is 8.44. The second kappa shape index (κ2) is 10.2. The van der Waals surface area contributed by atoms with Crippen LogP contribution in [0.15, 0.2) is 59.0 Å². The summed E-state index contributed by atoms with van der Waals surface area (Å²) >= 11 is 12.1. The number of hydrogen-bond acceptors (Lipinski definition) is 5. The SMILES string of the molecule is COc1ccc(OCc2ccc(C(=O)Nc3c(C)nn(Cc4ccc(Cl)c(Cl)c4)c3C)o2)cc1. The zero-order valence-corrected chi connectivity index (χ0v) is 20.4. The number of ether oxygens (including phenoxy) is 2. The topological polar surface area (TPSA) is 78.5 Å². The first kappa shape index (κ1) is 23.7. The van der Waals surface area contributed by atoms with Crippen LogP contribution in [0.25, 0.3) is 0 Å². The predicted molar refractivity (Wildman–Crippen MR) is 131 cm³/mol. The Kier molecular flexibility index (Phi) is 7.14. The minimum absolute atomic E-state index is 0.185. The van der Waals surface area contributed by atoms with E-state index in [2.05, 4.69) is 10.4 Å². The van der Waals surface area contributed by atoms with Gasteiger partial charge in [0.25, 0.3) is 5.91 Å². The van der Waals surface area contributed by atoms with E-state index < -0.39 is 0 Å². The van der Waals surface area contributed by atoms with E-state index in [1.54, 1.807) is 48.2 Å². The van der Waals surface area contributed by atoms with Crippen LogP contribution in [0.5, 0.6) is 11.5 Å². The Morgan fingerprint density at radius 1 is 1.03 bits per heavy atom. The molecule has 0 aliphatic heterocycles. The molecule has 2 aromatic carbocycles. The van der Waals surface area contributed by atoms with Gasteiger partial charge in [0.2, 0.25) is 0 Å². The van der Waals surface area contributed by atoms with Crippen molar-refractivity contribution < 1.29 is 18.7 Å². The monoisotopic (exact) mass is 499 g/mol. The van der Waals surface area contributed by atoms with Crippen LogP contribution in [0.3, 0.4) is 0 Å². The molecule has 0 spiro atoms. The number of aryl methyl sites for hydroxylation is 1. The number of methoxy groups -OCH3 is 1. The van der Waals surface area contributed by atoms with Crippen LogP contribution in [0.2, 0.25) is 10.0 Å². The van der Waals surface area contributed by atoms with Crippen molar-refractivity contribution in [3.05, 3.63) is 93.1 Å². The first-order valence-corrected chi connectivity index (χ1v) is 11.2. The number of carbonyl (C=O) groups excluding carboxylic acids is 1. The molecule has 1 amide bonds. The summed E-state index contributed by atoms with van der Waals surface area (Å²) in [5.74, 6) is 1.77. The first-order chi connectivity index (χ1) is 16.3.